The number of benzene rings is 2. The fourth-order valence-corrected chi connectivity index (χ4v) is 3.55. The van der Waals surface area contributed by atoms with E-state index in [0.717, 1.165) is 54.7 Å². The van der Waals surface area contributed by atoms with Gasteiger partial charge in [0.1, 0.15) is 5.75 Å². The number of nitrogens with one attached hydrogen (secondary N) is 1. The number of likely N-dealkylation sites (tertiary alicyclic amines) is 1. The number of phenols is 1. The summed E-state index contributed by atoms with van der Waals surface area (Å²) >= 11 is 0. The Bertz CT molecular complexity index is 793. The number of rotatable bonds is 4. The zero-order valence-corrected chi connectivity index (χ0v) is 15.9. The molecule has 0 atom stereocenters. The minimum Gasteiger partial charge on any atom is -0.508 e. The van der Waals surface area contributed by atoms with Crippen LogP contribution in [0.15, 0.2) is 36.4 Å². The molecular weight excluding hydrogens is 324 g/mol. The summed E-state index contributed by atoms with van der Waals surface area (Å²) in [5.74, 6) is 0.399. The van der Waals surface area contributed by atoms with Crippen LogP contribution in [-0.4, -0.2) is 35.0 Å². The monoisotopic (exact) mass is 352 g/mol. The van der Waals surface area contributed by atoms with Crippen LogP contribution >= 0.6 is 0 Å². The maximum Gasteiger partial charge on any atom is 0.251 e. The van der Waals surface area contributed by atoms with E-state index >= 15 is 0 Å². The van der Waals surface area contributed by atoms with Crippen molar-refractivity contribution in [3.05, 3.63) is 64.2 Å². The van der Waals surface area contributed by atoms with Gasteiger partial charge in [-0.25, -0.2) is 0 Å². The van der Waals surface area contributed by atoms with Crippen molar-refractivity contribution < 1.29 is 9.90 Å². The number of nitrogens with zero attached hydrogens (tertiary/aromatic N) is 1. The molecule has 4 heteroatoms. The molecule has 2 N–H and O–H groups in total. The Morgan fingerprint density at radius 3 is 2.42 bits per heavy atom. The van der Waals surface area contributed by atoms with E-state index in [2.05, 4.69) is 23.2 Å². The predicted octanol–water partition coefficient (Wildman–Crippen LogP) is 3.71. The Balaban J connectivity index is 1.54. The highest BCUT2D eigenvalue weighted by molar-refractivity contribution is 5.95. The van der Waals surface area contributed by atoms with Crippen molar-refractivity contribution in [3.63, 3.8) is 0 Å². The van der Waals surface area contributed by atoms with Gasteiger partial charge in [0.05, 0.1) is 0 Å². The molecule has 0 unspecified atom stereocenters. The van der Waals surface area contributed by atoms with Crippen LogP contribution in [0.2, 0.25) is 0 Å². The SMILES string of the molecule is Cc1cc(O)c(CN2CCC(NC(=O)c3ccccc3C)CC2)cc1C. The summed E-state index contributed by atoms with van der Waals surface area (Å²) in [6.07, 6.45) is 1.87. The van der Waals surface area contributed by atoms with Gasteiger partial charge in [-0.2, -0.15) is 0 Å². The minimum atomic E-state index is 0.0216. The molecule has 1 fully saturated rings. The first kappa shape index (κ1) is 18.5. The van der Waals surface area contributed by atoms with Crippen molar-refractivity contribution >= 4 is 5.91 Å². The van der Waals surface area contributed by atoms with Gasteiger partial charge in [-0.05, 0) is 62.4 Å². The predicted molar refractivity (Wildman–Crippen MR) is 105 cm³/mol. The zero-order valence-electron chi connectivity index (χ0n) is 15.9. The van der Waals surface area contributed by atoms with Crippen LogP contribution < -0.4 is 5.32 Å². The van der Waals surface area contributed by atoms with Crippen LogP contribution in [-0.2, 0) is 6.54 Å². The molecule has 0 spiro atoms. The first-order chi connectivity index (χ1) is 12.4. The van der Waals surface area contributed by atoms with Crippen molar-refractivity contribution in [1.82, 2.24) is 10.2 Å². The molecule has 1 aliphatic heterocycles. The molecule has 1 heterocycles. The van der Waals surface area contributed by atoms with Crippen LogP contribution in [0.5, 0.6) is 5.75 Å². The van der Waals surface area contributed by atoms with Crippen molar-refractivity contribution in [2.24, 2.45) is 0 Å². The van der Waals surface area contributed by atoms with Gasteiger partial charge < -0.3 is 10.4 Å². The van der Waals surface area contributed by atoms with Crippen LogP contribution in [0.25, 0.3) is 0 Å². The van der Waals surface area contributed by atoms with E-state index in [1.165, 1.54) is 5.56 Å². The smallest absolute Gasteiger partial charge is 0.251 e. The van der Waals surface area contributed by atoms with Crippen LogP contribution in [0.4, 0.5) is 0 Å². The first-order valence-electron chi connectivity index (χ1n) is 9.32. The summed E-state index contributed by atoms with van der Waals surface area (Å²) in [5, 5.41) is 13.4. The number of phenolic OH excluding ortho intramolecular Hbond substituents is 1. The molecule has 0 aliphatic carbocycles. The van der Waals surface area contributed by atoms with E-state index in [0.29, 0.717) is 5.75 Å². The Morgan fingerprint density at radius 1 is 1.08 bits per heavy atom. The van der Waals surface area contributed by atoms with E-state index in [-0.39, 0.29) is 11.9 Å². The van der Waals surface area contributed by atoms with Gasteiger partial charge in [-0.15, -0.1) is 0 Å². The topological polar surface area (TPSA) is 52.6 Å². The Morgan fingerprint density at radius 2 is 1.73 bits per heavy atom. The van der Waals surface area contributed by atoms with Gasteiger partial charge in [0.25, 0.3) is 5.91 Å². The third kappa shape index (κ3) is 4.25. The van der Waals surface area contributed by atoms with Gasteiger partial charge in [0.15, 0.2) is 0 Å². The highest BCUT2D eigenvalue weighted by Gasteiger charge is 2.22. The van der Waals surface area contributed by atoms with Crippen LogP contribution in [0.3, 0.4) is 0 Å². The second kappa shape index (κ2) is 7.92. The summed E-state index contributed by atoms with van der Waals surface area (Å²) in [6, 6.07) is 11.8. The molecule has 2 aromatic rings. The Labute approximate surface area is 155 Å². The summed E-state index contributed by atoms with van der Waals surface area (Å²) in [4.78, 5) is 14.8. The van der Waals surface area contributed by atoms with E-state index in [1.54, 1.807) is 0 Å². The number of piperidine rings is 1. The zero-order chi connectivity index (χ0) is 18.7. The molecule has 1 aliphatic rings. The van der Waals surface area contributed by atoms with E-state index < -0.39 is 0 Å². The summed E-state index contributed by atoms with van der Waals surface area (Å²) < 4.78 is 0. The van der Waals surface area contributed by atoms with Gasteiger partial charge in [-0.1, -0.05) is 24.3 Å². The molecule has 0 aromatic heterocycles. The highest BCUT2D eigenvalue weighted by Crippen LogP contribution is 2.24. The number of aromatic hydroxyl groups is 1. The molecule has 0 bridgehead atoms. The standard InChI is InChI=1S/C22H28N2O2/c1-15-6-4-5-7-20(15)22(26)23-19-8-10-24(11-9-19)14-18-12-16(2)17(3)13-21(18)25/h4-7,12-13,19,25H,8-11,14H2,1-3H3,(H,23,26). The molecule has 2 aromatic carbocycles. The Hall–Kier alpha value is -2.33. The van der Waals surface area contributed by atoms with E-state index in [1.807, 2.05) is 44.2 Å². The number of hydrogen-bond donors (Lipinski definition) is 2. The molecule has 1 amide bonds. The lowest BCUT2D eigenvalue weighted by Gasteiger charge is -2.32. The average molecular weight is 352 g/mol. The van der Waals surface area contributed by atoms with E-state index in [4.69, 9.17) is 0 Å². The lowest BCUT2D eigenvalue weighted by Crippen LogP contribution is -2.44. The molecular formula is C22H28N2O2. The first-order valence-corrected chi connectivity index (χ1v) is 9.32. The summed E-state index contributed by atoms with van der Waals surface area (Å²) in [7, 11) is 0. The lowest BCUT2D eigenvalue weighted by atomic mass is 10.0. The molecule has 4 nitrogen and oxygen atoms in total. The summed E-state index contributed by atoms with van der Waals surface area (Å²) in [5.41, 5.74) is 5.07. The molecule has 138 valence electrons. The van der Waals surface area contributed by atoms with Gasteiger partial charge in [0, 0.05) is 36.8 Å². The largest absolute Gasteiger partial charge is 0.508 e. The van der Waals surface area contributed by atoms with Gasteiger partial charge in [-0.3, -0.25) is 9.69 Å². The molecule has 1 saturated heterocycles. The van der Waals surface area contributed by atoms with E-state index in [9.17, 15) is 9.90 Å². The van der Waals surface area contributed by atoms with Crippen LogP contribution in [0.1, 0.15) is 45.5 Å². The van der Waals surface area contributed by atoms with Gasteiger partial charge >= 0.3 is 0 Å². The quantitative estimate of drug-likeness (QED) is 0.882. The van der Waals surface area contributed by atoms with Crippen LogP contribution in [0, 0.1) is 20.8 Å². The number of aryl methyl sites for hydroxylation is 3. The minimum absolute atomic E-state index is 0.0216. The second-order valence-electron chi connectivity index (χ2n) is 7.40. The average Bonchev–Trinajstić information content (AvgIpc) is 2.61. The summed E-state index contributed by atoms with van der Waals surface area (Å²) in [6.45, 7) is 8.65. The molecule has 0 saturated carbocycles. The molecule has 0 radical (unpaired) electrons. The number of hydrogen-bond acceptors (Lipinski definition) is 3. The number of carbonyl (C=O) groups is 1. The third-order valence-corrected chi connectivity index (χ3v) is 5.40. The fourth-order valence-electron chi connectivity index (χ4n) is 3.55. The van der Waals surface area contributed by atoms with Gasteiger partial charge in [0.2, 0.25) is 0 Å². The van der Waals surface area contributed by atoms with Crippen molar-refractivity contribution in [1.29, 1.82) is 0 Å². The highest BCUT2D eigenvalue weighted by atomic mass is 16.3. The second-order valence-corrected chi connectivity index (χ2v) is 7.40. The maximum absolute atomic E-state index is 12.5. The third-order valence-electron chi connectivity index (χ3n) is 5.40. The maximum atomic E-state index is 12.5. The van der Waals surface area contributed by atoms with Crippen molar-refractivity contribution in [2.45, 2.75) is 46.2 Å². The number of carbonyl (C=O) groups excluding carboxylic acids is 1. The molecule has 26 heavy (non-hydrogen) atoms. The Kier molecular flexibility index (Phi) is 5.62. The lowest BCUT2D eigenvalue weighted by molar-refractivity contribution is 0.0908. The number of amides is 1. The normalized spacial score (nSPS) is 15.8. The molecule has 3 rings (SSSR count). The van der Waals surface area contributed by atoms with Crippen molar-refractivity contribution in [3.8, 4) is 5.75 Å². The fraction of sp³-hybridized carbons (Fsp3) is 0.409. The van der Waals surface area contributed by atoms with Crippen molar-refractivity contribution in [2.75, 3.05) is 13.1 Å².